The summed E-state index contributed by atoms with van der Waals surface area (Å²) in [5, 5.41) is 0.635. The number of aryl methyl sites for hydroxylation is 1. The normalized spacial score (nSPS) is 11.3. The Morgan fingerprint density at radius 1 is 0.941 bits per heavy atom. The quantitative estimate of drug-likeness (QED) is 0.303. The zero-order chi connectivity index (χ0) is 24.5. The summed E-state index contributed by atoms with van der Waals surface area (Å²) in [6.45, 7) is 1.77. The van der Waals surface area contributed by atoms with Gasteiger partial charge in [0.2, 0.25) is 0 Å². The molecule has 0 spiro atoms. The highest BCUT2D eigenvalue weighted by atomic mass is 79.9. The molecule has 1 N–H and O–H groups in total. The van der Waals surface area contributed by atoms with E-state index in [0.29, 0.717) is 28.2 Å². The van der Waals surface area contributed by atoms with Crippen molar-refractivity contribution in [3.05, 3.63) is 76.6 Å². The fourth-order valence-corrected chi connectivity index (χ4v) is 4.69. The first-order valence-electron chi connectivity index (χ1n) is 9.99. The standard InChI is InChI=1S/C24H20BrFN2O5S/c1-14-10-16(5-6-18(14)25)34(29,30)28-20-7-4-15(11-19(20)26)33-22-8-9-27-21-13-24(32-3)23(31-2)12-17(21)22/h4-13,28H,1-3H3. The molecule has 1 aromatic heterocycles. The number of hydrogen-bond donors (Lipinski definition) is 1. The van der Waals surface area contributed by atoms with Crippen molar-refractivity contribution in [3.63, 3.8) is 0 Å². The average molecular weight is 547 g/mol. The van der Waals surface area contributed by atoms with Crippen molar-refractivity contribution in [2.75, 3.05) is 18.9 Å². The molecule has 0 aliphatic heterocycles. The lowest BCUT2D eigenvalue weighted by Gasteiger charge is -2.13. The maximum absolute atomic E-state index is 14.8. The third-order valence-electron chi connectivity index (χ3n) is 5.06. The third-order valence-corrected chi connectivity index (χ3v) is 7.31. The highest BCUT2D eigenvalue weighted by Gasteiger charge is 2.18. The van der Waals surface area contributed by atoms with E-state index >= 15 is 0 Å². The molecule has 0 bridgehead atoms. The molecule has 1 heterocycles. The van der Waals surface area contributed by atoms with Crippen molar-refractivity contribution < 1.29 is 27.0 Å². The molecule has 0 radical (unpaired) electrons. The number of fused-ring (bicyclic) bond motifs is 1. The molecule has 0 fully saturated rings. The molecule has 176 valence electrons. The maximum atomic E-state index is 14.8. The van der Waals surface area contributed by atoms with Gasteiger partial charge in [-0.2, -0.15) is 0 Å². The molecule has 0 amide bonds. The van der Waals surface area contributed by atoms with Crippen LogP contribution in [0.15, 0.2) is 70.2 Å². The van der Waals surface area contributed by atoms with Gasteiger partial charge in [-0.1, -0.05) is 15.9 Å². The number of methoxy groups -OCH3 is 2. The lowest BCUT2D eigenvalue weighted by atomic mass is 10.2. The Labute approximate surface area is 204 Å². The number of nitrogens with zero attached hydrogens (tertiary/aromatic N) is 1. The topological polar surface area (TPSA) is 86.8 Å². The smallest absolute Gasteiger partial charge is 0.261 e. The van der Waals surface area contributed by atoms with Crippen molar-refractivity contribution in [1.82, 2.24) is 4.98 Å². The number of benzene rings is 3. The van der Waals surface area contributed by atoms with Gasteiger partial charge in [0.1, 0.15) is 11.5 Å². The van der Waals surface area contributed by atoms with Gasteiger partial charge in [0.15, 0.2) is 17.3 Å². The number of pyridine rings is 1. The molecule has 0 unspecified atom stereocenters. The number of sulfonamides is 1. The number of aromatic nitrogens is 1. The molecule has 10 heteroatoms. The van der Waals surface area contributed by atoms with Crippen molar-refractivity contribution >= 4 is 42.5 Å². The van der Waals surface area contributed by atoms with E-state index in [0.717, 1.165) is 16.1 Å². The number of halogens is 2. The van der Waals surface area contributed by atoms with Crippen LogP contribution in [0.2, 0.25) is 0 Å². The first kappa shape index (κ1) is 23.8. The van der Waals surface area contributed by atoms with Crippen LogP contribution in [0.1, 0.15) is 5.56 Å². The summed E-state index contributed by atoms with van der Waals surface area (Å²) in [6, 6.07) is 13.5. The summed E-state index contributed by atoms with van der Waals surface area (Å²) in [7, 11) is -0.928. The summed E-state index contributed by atoms with van der Waals surface area (Å²) in [6.07, 6.45) is 1.56. The number of anilines is 1. The van der Waals surface area contributed by atoms with E-state index in [1.54, 1.807) is 37.4 Å². The van der Waals surface area contributed by atoms with E-state index in [-0.39, 0.29) is 16.3 Å². The summed E-state index contributed by atoms with van der Waals surface area (Å²) in [4.78, 5) is 4.34. The number of hydrogen-bond acceptors (Lipinski definition) is 6. The van der Waals surface area contributed by atoms with Gasteiger partial charge in [-0.3, -0.25) is 9.71 Å². The summed E-state index contributed by atoms with van der Waals surface area (Å²) >= 11 is 3.33. The molecule has 0 aliphatic rings. The van der Waals surface area contributed by atoms with Gasteiger partial charge in [-0.25, -0.2) is 12.8 Å². The average Bonchev–Trinajstić information content (AvgIpc) is 2.81. The zero-order valence-electron chi connectivity index (χ0n) is 18.4. The second-order valence-corrected chi connectivity index (χ2v) is 9.83. The Morgan fingerprint density at radius 3 is 2.35 bits per heavy atom. The van der Waals surface area contributed by atoms with Gasteiger partial charge in [-0.15, -0.1) is 0 Å². The van der Waals surface area contributed by atoms with Crippen LogP contribution < -0.4 is 18.9 Å². The molecule has 3 aromatic carbocycles. The molecule has 0 atom stereocenters. The van der Waals surface area contributed by atoms with E-state index in [1.807, 2.05) is 0 Å². The van der Waals surface area contributed by atoms with Gasteiger partial charge in [0.05, 0.1) is 30.3 Å². The van der Waals surface area contributed by atoms with Gasteiger partial charge < -0.3 is 14.2 Å². The second kappa shape index (κ2) is 9.47. The van der Waals surface area contributed by atoms with Crippen LogP contribution in [-0.4, -0.2) is 27.6 Å². The second-order valence-electron chi connectivity index (χ2n) is 7.29. The van der Waals surface area contributed by atoms with Crippen LogP contribution in [0.5, 0.6) is 23.0 Å². The van der Waals surface area contributed by atoms with Crippen molar-refractivity contribution in [3.8, 4) is 23.0 Å². The van der Waals surface area contributed by atoms with Crippen LogP contribution in [0.3, 0.4) is 0 Å². The van der Waals surface area contributed by atoms with Crippen LogP contribution in [0.25, 0.3) is 10.9 Å². The maximum Gasteiger partial charge on any atom is 0.261 e. The number of ether oxygens (including phenoxy) is 3. The summed E-state index contributed by atoms with van der Waals surface area (Å²) in [5.74, 6) is 0.828. The minimum atomic E-state index is -3.98. The Morgan fingerprint density at radius 2 is 1.68 bits per heavy atom. The lowest BCUT2D eigenvalue weighted by Crippen LogP contribution is -2.14. The van der Waals surface area contributed by atoms with E-state index in [9.17, 15) is 12.8 Å². The van der Waals surface area contributed by atoms with Crippen molar-refractivity contribution in [2.45, 2.75) is 11.8 Å². The SMILES string of the molecule is COc1cc2nccc(Oc3ccc(NS(=O)(=O)c4ccc(Br)c(C)c4)c(F)c3)c2cc1OC. The minimum Gasteiger partial charge on any atom is -0.493 e. The monoisotopic (exact) mass is 546 g/mol. The number of nitrogens with one attached hydrogen (secondary N) is 1. The van der Waals surface area contributed by atoms with Gasteiger partial charge in [0.25, 0.3) is 10.0 Å². The van der Waals surface area contributed by atoms with E-state index in [2.05, 4.69) is 25.6 Å². The lowest BCUT2D eigenvalue weighted by molar-refractivity contribution is 0.355. The molecule has 0 saturated carbocycles. The predicted octanol–water partition coefficient (Wildman–Crippen LogP) is 6.06. The van der Waals surface area contributed by atoms with Gasteiger partial charge >= 0.3 is 0 Å². The molecular weight excluding hydrogens is 527 g/mol. The van der Waals surface area contributed by atoms with E-state index in [4.69, 9.17) is 14.2 Å². The first-order valence-corrected chi connectivity index (χ1v) is 12.3. The summed E-state index contributed by atoms with van der Waals surface area (Å²) < 4.78 is 59.8. The predicted molar refractivity (Wildman–Crippen MR) is 131 cm³/mol. The fourth-order valence-electron chi connectivity index (χ4n) is 3.29. The first-order chi connectivity index (χ1) is 16.2. The molecule has 0 saturated heterocycles. The minimum absolute atomic E-state index is 0.0283. The van der Waals surface area contributed by atoms with Gasteiger partial charge in [0, 0.05) is 28.2 Å². The molecule has 34 heavy (non-hydrogen) atoms. The van der Waals surface area contributed by atoms with Crippen LogP contribution in [-0.2, 0) is 10.0 Å². The zero-order valence-corrected chi connectivity index (χ0v) is 20.8. The van der Waals surface area contributed by atoms with E-state index in [1.165, 1.54) is 38.5 Å². The Bertz CT molecular complexity index is 1490. The fraction of sp³-hybridized carbons (Fsp3) is 0.125. The Kier molecular flexibility index (Phi) is 6.63. The molecule has 7 nitrogen and oxygen atoms in total. The van der Waals surface area contributed by atoms with E-state index < -0.39 is 15.8 Å². The van der Waals surface area contributed by atoms with Crippen molar-refractivity contribution in [2.24, 2.45) is 0 Å². The molecule has 0 aliphatic carbocycles. The third kappa shape index (κ3) is 4.78. The largest absolute Gasteiger partial charge is 0.493 e. The van der Waals surface area contributed by atoms with Crippen LogP contribution in [0.4, 0.5) is 10.1 Å². The van der Waals surface area contributed by atoms with Crippen LogP contribution >= 0.6 is 15.9 Å². The molecular formula is C24H20BrFN2O5S. The highest BCUT2D eigenvalue weighted by Crippen LogP contribution is 2.37. The Balaban J connectivity index is 1.62. The summed E-state index contributed by atoms with van der Waals surface area (Å²) in [5.41, 5.74) is 1.15. The molecule has 4 aromatic rings. The van der Waals surface area contributed by atoms with Crippen molar-refractivity contribution in [1.29, 1.82) is 0 Å². The highest BCUT2D eigenvalue weighted by molar-refractivity contribution is 9.10. The Hall–Kier alpha value is -3.37. The van der Waals surface area contributed by atoms with Crippen LogP contribution in [0, 0.1) is 12.7 Å². The van der Waals surface area contributed by atoms with Gasteiger partial charge in [-0.05, 0) is 55.0 Å². The number of rotatable bonds is 7. The molecule has 4 rings (SSSR count).